The molecule has 1 aromatic carbocycles. The highest BCUT2D eigenvalue weighted by atomic mass is 16.5. The minimum absolute atomic E-state index is 0.0341. The minimum atomic E-state index is -0.274. The molecule has 0 fully saturated rings. The van der Waals surface area contributed by atoms with Crippen LogP contribution in [0.15, 0.2) is 24.3 Å². The smallest absolute Gasteiger partial charge is 0.376 e. The van der Waals surface area contributed by atoms with Crippen molar-refractivity contribution >= 4 is 11.5 Å². The van der Waals surface area contributed by atoms with Gasteiger partial charge in [-0.3, -0.25) is 4.79 Å². The second-order valence-electron chi connectivity index (χ2n) is 2.66. The molecule has 0 saturated carbocycles. The summed E-state index contributed by atoms with van der Waals surface area (Å²) in [5.41, 5.74) is 8.96. The minimum Gasteiger partial charge on any atom is -0.480 e. The molecule has 1 heterocycles. The van der Waals surface area contributed by atoms with Crippen LogP contribution < -0.4 is 4.74 Å². The van der Waals surface area contributed by atoms with Gasteiger partial charge in [-0.1, -0.05) is 12.1 Å². The highest BCUT2D eigenvalue weighted by Gasteiger charge is 2.30. The molecule has 1 aliphatic rings. The Labute approximate surface area is 74.4 Å². The van der Waals surface area contributed by atoms with E-state index in [2.05, 4.69) is 4.79 Å². The quantitative estimate of drug-likeness (QED) is 0.434. The maximum atomic E-state index is 11.5. The SMILES string of the molecule is [N-]=[N+]=C1COc2ccccc2C1=O. The van der Waals surface area contributed by atoms with Crippen LogP contribution in [0.3, 0.4) is 0 Å². The van der Waals surface area contributed by atoms with Crippen molar-refractivity contribution in [3.8, 4) is 5.75 Å². The number of ketones is 1. The molecule has 0 unspecified atom stereocenters. The number of carbonyl (C=O) groups is 1. The predicted octanol–water partition coefficient (Wildman–Crippen LogP) is 0.932. The van der Waals surface area contributed by atoms with Gasteiger partial charge in [0.2, 0.25) is 0 Å². The number of Topliss-reactive ketones (excluding diaryl/α,β-unsaturated/α-hetero) is 1. The fraction of sp³-hybridized carbons (Fsp3) is 0.111. The average Bonchev–Trinajstić information content (AvgIpc) is 2.19. The van der Waals surface area contributed by atoms with Crippen LogP contribution in [-0.2, 0) is 0 Å². The summed E-state index contributed by atoms with van der Waals surface area (Å²) in [5.74, 6) is 0.268. The van der Waals surface area contributed by atoms with Gasteiger partial charge in [0.25, 0.3) is 5.78 Å². The molecule has 0 amide bonds. The monoisotopic (exact) mass is 174 g/mol. The van der Waals surface area contributed by atoms with Crippen LogP contribution in [0.25, 0.3) is 5.53 Å². The summed E-state index contributed by atoms with van der Waals surface area (Å²) in [7, 11) is 0. The zero-order valence-electron chi connectivity index (χ0n) is 6.73. The Kier molecular flexibility index (Phi) is 1.69. The molecule has 4 heteroatoms. The molecule has 0 spiro atoms. The summed E-state index contributed by atoms with van der Waals surface area (Å²) in [4.78, 5) is 14.3. The second-order valence-corrected chi connectivity index (χ2v) is 2.66. The third-order valence-corrected chi connectivity index (χ3v) is 1.88. The number of hydrogen-bond acceptors (Lipinski definition) is 2. The first-order chi connectivity index (χ1) is 6.33. The molecule has 0 radical (unpaired) electrons. The van der Waals surface area contributed by atoms with Gasteiger partial charge in [-0.25, -0.2) is 0 Å². The summed E-state index contributed by atoms with van der Waals surface area (Å²) in [6.45, 7) is 0.0341. The first kappa shape index (κ1) is 7.71. The number of carbonyl (C=O) groups excluding carboxylic acids is 1. The second kappa shape index (κ2) is 2.84. The topological polar surface area (TPSA) is 62.7 Å². The Bertz CT molecular complexity index is 419. The molecule has 13 heavy (non-hydrogen) atoms. The Balaban J connectivity index is 2.57. The van der Waals surface area contributed by atoms with Crippen LogP contribution in [0, 0.1) is 0 Å². The van der Waals surface area contributed by atoms with E-state index in [1.807, 2.05) is 0 Å². The number of fused-ring (bicyclic) bond motifs is 1. The van der Waals surface area contributed by atoms with E-state index in [0.29, 0.717) is 11.3 Å². The number of para-hydroxylation sites is 1. The maximum absolute atomic E-state index is 11.5. The summed E-state index contributed by atoms with van der Waals surface area (Å²) >= 11 is 0. The van der Waals surface area contributed by atoms with Crippen molar-refractivity contribution < 1.29 is 14.3 Å². The molecule has 2 rings (SSSR count). The van der Waals surface area contributed by atoms with Crippen LogP contribution in [0.5, 0.6) is 5.75 Å². The number of ether oxygens (including phenoxy) is 1. The van der Waals surface area contributed by atoms with E-state index in [-0.39, 0.29) is 18.1 Å². The fourth-order valence-corrected chi connectivity index (χ4v) is 1.22. The molecular formula is C9H6N2O2. The van der Waals surface area contributed by atoms with Crippen molar-refractivity contribution in [1.82, 2.24) is 0 Å². The molecule has 4 nitrogen and oxygen atoms in total. The Morgan fingerprint density at radius 1 is 1.38 bits per heavy atom. The van der Waals surface area contributed by atoms with Gasteiger partial charge in [0.1, 0.15) is 5.75 Å². The van der Waals surface area contributed by atoms with Gasteiger partial charge in [-0.2, -0.15) is 4.79 Å². The summed E-state index contributed by atoms with van der Waals surface area (Å²) in [5, 5.41) is 0. The Morgan fingerprint density at radius 3 is 2.92 bits per heavy atom. The van der Waals surface area contributed by atoms with Crippen LogP contribution >= 0.6 is 0 Å². The van der Waals surface area contributed by atoms with E-state index in [1.165, 1.54) is 0 Å². The van der Waals surface area contributed by atoms with Crippen molar-refractivity contribution in [1.29, 1.82) is 0 Å². The largest absolute Gasteiger partial charge is 0.480 e. The number of hydrogen-bond donors (Lipinski definition) is 0. The molecule has 0 saturated heterocycles. The van der Waals surface area contributed by atoms with E-state index in [0.717, 1.165) is 0 Å². The van der Waals surface area contributed by atoms with E-state index in [9.17, 15) is 4.79 Å². The number of benzene rings is 1. The molecule has 0 bridgehead atoms. The van der Waals surface area contributed by atoms with Crippen molar-refractivity contribution in [3.63, 3.8) is 0 Å². The molecule has 1 aliphatic heterocycles. The summed E-state index contributed by atoms with van der Waals surface area (Å²) in [6, 6.07) is 6.87. The van der Waals surface area contributed by atoms with E-state index < -0.39 is 0 Å². The molecule has 0 N–H and O–H groups in total. The lowest BCUT2D eigenvalue weighted by atomic mass is 10.0. The van der Waals surface area contributed by atoms with Gasteiger partial charge in [0.15, 0.2) is 6.61 Å². The molecule has 64 valence electrons. The zero-order valence-corrected chi connectivity index (χ0v) is 6.73. The average molecular weight is 174 g/mol. The lowest BCUT2D eigenvalue weighted by Gasteiger charge is -2.11. The van der Waals surface area contributed by atoms with Crippen molar-refractivity contribution in [2.24, 2.45) is 0 Å². The van der Waals surface area contributed by atoms with Crippen LogP contribution in [0.4, 0.5) is 0 Å². The van der Waals surface area contributed by atoms with Gasteiger partial charge >= 0.3 is 5.71 Å². The van der Waals surface area contributed by atoms with Crippen molar-refractivity contribution in [2.75, 3.05) is 6.61 Å². The summed E-state index contributed by atoms with van der Waals surface area (Å²) < 4.78 is 5.19. The van der Waals surface area contributed by atoms with Crippen LogP contribution in [-0.4, -0.2) is 22.9 Å². The van der Waals surface area contributed by atoms with Crippen LogP contribution in [0.1, 0.15) is 10.4 Å². The van der Waals surface area contributed by atoms with Crippen LogP contribution in [0.2, 0.25) is 0 Å². The third-order valence-electron chi connectivity index (χ3n) is 1.88. The molecule has 0 aromatic heterocycles. The lowest BCUT2D eigenvalue weighted by Crippen LogP contribution is -2.28. The van der Waals surface area contributed by atoms with Gasteiger partial charge in [0, 0.05) is 0 Å². The molecule has 0 aliphatic carbocycles. The van der Waals surface area contributed by atoms with Gasteiger partial charge in [0.05, 0.1) is 5.56 Å². The fourth-order valence-electron chi connectivity index (χ4n) is 1.22. The highest BCUT2D eigenvalue weighted by Crippen LogP contribution is 2.21. The van der Waals surface area contributed by atoms with Gasteiger partial charge in [-0.05, 0) is 12.1 Å². The number of rotatable bonds is 0. The third kappa shape index (κ3) is 1.13. The normalized spacial score (nSPS) is 14.5. The van der Waals surface area contributed by atoms with E-state index >= 15 is 0 Å². The predicted molar refractivity (Wildman–Crippen MR) is 44.9 cm³/mol. The Morgan fingerprint density at radius 2 is 2.15 bits per heavy atom. The maximum Gasteiger partial charge on any atom is 0.376 e. The highest BCUT2D eigenvalue weighted by molar-refractivity contribution is 6.45. The zero-order chi connectivity index (χ0) is 9.26. The van der Waals surface area contributed by atoms with Gasteiger partial charge in [-0.15, -0.1) is 0 Å². The lowest BCUT2D eigenvalue weighted by molar-refractivity contribution is -0.0132. The summed E-state index contributed by atoms with van der Waals surface area (Å²) in [6.07, 6.45) is 0. The molecule has 1 aromatic rings. The standard InChI is InChI=1S/C9H6N2O2/c10-11-7-5-13-8-4-2-1-3-6(8)9(7)12/h1-4H,5H2. The number of nitrogens with zero attached hydrogens (tertiary/aromatic N) is 2. The van der Waals surface area contributed by atoms with Crippen molar-refractivity contribution in [3.05, 3.63) is 35.4 Å². The molecular weight excluding hydrogens is 168 g/mol. The first-order valence-corrected chi connectivity index (χ1v) is 3.80. The Hall–Kier alpha value is -1.93. The van der Waals surface area contributed by atoms with Gasteiger partial charge < -0.3 is 10.3 Å². The van der Waals surface area contributed by atoms with Crippen molar-refractivity contribution in [2.45, 2.75) is 0 Å². The van der Waals surface area contributed by atoms with E-state index in [1.54, 1.807) is 24.3 Å². The first-order valence-electron chi connectivity index (χ1n) is 3.80. The van der Waals surface area contributed by atoms with E-state index in [4.69, 9.17) is 10.3 Å². The molecule has 0 atom stereocenters.